The van der Waals surface area contributed by atoms with Gasteiger partial charge in [0.25, 0.3) is 5.71 Å². The van der Waals surface area contributed by atoms with Crippen molar-refractivity contribution in [1.82, 2.24) is 0 Å². The number of methoxy groups -OCH3 is 1. The summed E-state index contributed by atoms with van der Waals surface area (Å²) >= 11 is 0. The molecule has 56 valence electrons. The molecule has 0 heterocycles. The third-order valence-electron chi connectivity index (χ3n) is 0.804. The van der Waals surface area contributed by atoms with E-state index in [1.807, 2.05) is 0 Å². The zero-order valence-electron chi connectivity index (χ0n) is 6.05. The molecule has 0 amide bonds. The van der Waals surface area contributed by atoms with Crippen molar-refractivity contribution < 1.29 is 14.9 Å². The first-order valence-corrected chi connectivity index (χ1v) is 2.72. The minimum Gasteiger partial charge on any atom is -0.461 e. The molecule has 0 atom stereocenters. The summed E-state index contributed by atoms with van der Waals surface area (Å²) in [7, 11) is 1.26. The van der Waals surface area contributed by atoms with E-state index in [9.17, 15) is 4.79 Å². The third-order valence-corrected chi connectivity index (χ3v) is 0.804. The molecule has 0 spiro atoms. The van der Waals surface area contributed by atoms with E-state index in [0.717, 1.165) is 0 Å². The van der Waals surface area contributed by atoms with Crippen molar-refractivity contribution in [2.24, 2.45) is 5.73 Å². The van der Waals surface area contributed by atoms with Gasteiger partial charge in [-0.2, -0.15) is 0 Å². The van der Waals surface area contributed by atoms with Crippen LogP contribution < -0.4 is 11.1 Å². The fourth-order valence-corrected chi connectivity index (χ4v) is 0.422. The lowest BCUT2D eigenvalue weighted by Gasteiger charge is -1.90. The quantitative estimate of drug-likeness (QED) is 0.354. The summed E-state index contributed by atoms with van der Waals surface area (Å²) in [6, 6.07) is 0. The zero-order chi connectivity index (χ0) is 8.15. The SMILES string of the molecule is COC(=O)C(=[NH2+])/C=C(/C)N. The molecule has 4 heteroatoms. The number of allylic oxidation sites excluding steroid dienone is 1. The Kier molecular flexibility index (Phi) is 3.17. The van der Waals surface area contributed by atoms with Crippen molar-refractivity contribution >= 4 is 11.7 Å². The van der Waals surface area contributed by atoms with Gasteiger partial charge in [-0.1, -0.05) is 0 Å². The van der Waals surface area contributed by atoms with Crippen molar-refractivity contribution in [2.75, 3.05) is 7.11 Å². The smallest absolute Gasteiger partial charge is 0.402 e. The van der Waals surface area contributed by atoms with Crippen molar-refractivity contribution in [3.8, 4) is 0 Å². The van der Waals surface area contributed by atoms with E-state index >= 15 is 0 Å². The highest BCUT2D eigenvalue weighted by molar-refractivity contribution is 6.38. The molecule has 0 saturated heterocycles. The Bertz CT molecular complexity index is 180. The summed E-state index contributed by atoms with van der Waals surface area (Å²) in [6.45, 7) is 1.63. The predicted molar refractivity (Wildman–Crippen MR) is 36.9 cm³/mol. The summed E-state index contributed by atoms with van der Waals surface area (Å²) < 4.78 is 4.31. The van der Waals surface area contributed by atoms with E-state index in [1.165, 1.54) is 13.2 Å². The number of hydrogen-bond acceptors (Lipinski definition) is 3. The van der Waals surface area contributed by atoms with E-state index in [1.54, 1.807) is 6.92 Å². The molecular weight excluding hydrogens is 132 g/mol. The number of esters is 1. The second kappa shape index (κ2) is 3.66. The summed E-state index contributed by atoms with van der Waals surface area (Å²) in [5.41, 5.74) is 5.73. The Hall–Kier alpha value is -1.32. The minimum absolute atomic E-state index is 0.0162. The first kappa shape index (κ1) is 8.68. The Morgan fingerprint density at radius 3 is 2.50 bits per heavy atom. The maximum atomic E-state index is 10.6. The molecule has 0 rings (SSSR count). The van der Waals surface area contributed by atoms with Gasteiger partial charge in [0.1, 0.15) is 0 Å². The van der Waals surface area contributed by atoms with Crippen LogP contribution in [0.5, 0.6) is 0 Å². The fraction of sp³-hybridized carbons (Fsp3) is 0.333. The van der Waals surface area contributed by atoms with Crippen LogP contribution in [0.4, 0.5) is 0 Å². The van der Waals surface area contributed by atoms with E-state index < -0.39 is 5.97 Å². The van der Waals surface area contributed by atoms with Gasteiger partial charge in [0.05, 0.1) is 7.11 Å². The molecule has 0 aliphatic rings. The standard InChI is InChI=1S/C6H10N2O2/c1-4(7)3-5(8)6(9)10-2/h3,8H,7H2,1-2H3/p+1/b4-3-,8-5?. The van der Waals surface area contributed by atoms with Crippen LogP contribution in [-0.2, 0) is 9.53 Å². The lowest BCUT2D eigenvalue weighted by molar-refractivity contribution is -0.149. The Labute approximate surface area is 59.2 Å². The number of ether oxygens (including phenoxy) is 1. The molecular formula is C6H11N2O2+. The van der Waals surface area contributed by atoms with E-state index in [4.69, 9.17) is 11.1 Å². The van der Waals surface area contributed by atoms with Crippen LogP contribution in [0.25, 0.3) is 0 Å². The van der Waals surface area contributed by atoms with Gasteiger partial charge >= 0.3 is 5.97 Å². The summed E-state index contributed by atoms with van der Waals surface area (Å²) in [6.07, 6.45) is 1.35. The molecule has 4 nitrogen and oxygen atoms in total. The number of hydrogen-bond donors (Lipinski definition) is 2. The van der Waals surface area contributed by atoms with Crippen molar-refractivity contribution in [2.45, 2.75) is 6.92 Å². The molecule has 4 N–H and O–H groups in total. The molecule has 0 saturated carbocycles. The molecule has 0 bridgehead atoms. The monoisotopic (exact) mass is 143 g/mol. The average molecular weight is 143 g/mol. The van der Waals surface area contributed by atoms with E-state index in [0.29, 0.717) is 5.70 Å². The maximum absolute atomic E-state index is 10.6. The Morgan fingerprint density at radius 2 is 2.20 bits per heavy atom. The van der Waals surface area contributed by atoms with Gasteiger partial charge in [-0.05, 0) is 6.92 Å². The minimum atomic E-state index is -0.565. The number of carbonyl (C=O) groups excluding carboxylic acids is 1. The molecule has 0 aromatic rings. The van der Waals surface area contributed by atoms with Gasteiger partial charge in [0.15, 0.2) is 0 Å². The van der Waals surface area contributed by atoms with Gasteiger partial charge < -0.3 is 10.5 Å². The number of nitrogens with two attached hydrogens (primary N) is 2. The molecule has 0 fully saturated rings. The average Bonchev–Trinajstić information content (AvgIpc) is 1.85. The van der Waals surface area contributed by atoms with E-state index in [2.05, 4.69) is 4.74 Å². The van der Waals surface area contributed by atoms with Crippen LogP contribution in [0.3, 0.4) is 0 Å². The van der Waals surface area contributed by atoms with Crippen LogP contribution >= 0.6 is 0 Å². The van der Waals surface area contributed by atoms with Gasteiger partial charge in [-0.3, -0.25) is 0 Å². The first-order valence-electron chi connectivity index (χ1n) is 2.72. The van der Waals surface area contributed by atoms with E-state index in [-0.39, 0.29) is 5.71 Å². The third kappa shape index (κ3) is 2.86. The number of rotatable bonds is 2. The topological polar surface area (TPSA) is 77.9 Å². The lowest BCUT2D eigenvalue weighted by Crippen LogP contribution is -2.44. The van der Waals surface area contributed by atoms with Crippen LogP contribution in [0.2, 0.25) is 0 Å². The van der Waals surface area contributed by atoms with Gasteiger partial charge in [-0.25, -0.2) is 10.2 Å². The van der Waals surface area contributed by atoms with Crippen molar-refractivity contribution in [1.29, 1.82) is 0 Å². The summed E-state index contributed by atoms with van der Waals surface area (Å²) in [4.78, 5) is 10.6. The van der Waals surface area contributed by atoms with Crippen LogP contribution in [-0.4, -0.2) is 18.8 Å². The highest BCUT2D eigenvalue weighted by atomic mass is 16.5. The maximum Gasteiger partial charge on any atom is 0.402 e. The van der Waals surface area contributed by atoms with Crippen molar-refractivity contribution in [3.05, 3.63) is 11.8 Å². The molecule has 10 heavy (non-hydrogen) atoms. The zero-order valence-corrected chi connectivity index (χ0v) is 6.05. The van der Waals surface area contributed by atoms with Crippen molar-refractivity contribution in [3.63, 3.8) is 0 Å². The van der Waals surface area contributed by atoms with Crippen LogP contribution in [0, 0.1) is 0 Å². The first-order chi connectivity index (χ1) is 4.57. The fourth-order valence-electron chi connectivity index (χ4n) is 0.422. The number of carbonyl (C=O) groups is 1. The highest BCUT2D eigenvalue weighted by Gasteiger charge is 2.10. The summed E-state index contributed by atoms with van der Waals surface area (Å²) in [5, 5.41) is 5.21. The molecule has 0 aliphatic heterocycles. The highest BCUT2D eigenvalue weighted by Crippen LogP contribution is 1.82. The molecule has 0 aliphatic carbocycles. The van der Waals surface area contributed by atoms with Crippen LogP contribution in [0.1, 0.15) is 6.92 Å². The predicted octanol–water partition coefficient (Wildman–Crippen LogP) is -1.78. The second-order valence-electron chi connectivity index (χ2n) is 1.84. The van der Waals surface area contributed by atoms with Gasteiger partial charge in [-0.15, -0.1) is 0 Å². The molecule has 0 aromatic carbocycles. The Balaban J connectivity index is 4.11. The molecule has 0 unspecified atom stereocenters. The molecule has 0 aromatic heterocycles. The Morgan fingerprint density at radius 1 is 1.70 bits per heavy atom. The second-order valence-corrected chi connectivity index (χ2v) is 1.84. The van der Waals surface area contributed by atoms with Gasteiger partial charge in [0, 0.05) is 11.8 Å². The lowest BCUT2D eigenvalue weighted by atomic mass is 10.3. The summed E-state index contributed by atoms with van der Waals surface area (Å²) in [5.74, 6) is -0.565. The largest absolute Gasteiger partial charge is 0.461 e. The normalized spacial score (nSPS) is 10.8. The van der Waals surface area contributed by atoms with Crippen LogP contribution in [0.15, 0.2) is 11.8 Å². The molecule has 0 radical (unpaired) electrons. The van der Waals surface area contributed by atoms with Gasteiger partial charge in [0.2, 0.25) is 0 Å².